The summed E-state index contributed by atoms with van der Waals surface area (Å²) in [5, 5.41) is 0. The van der Waals surface area contributed by atoms with Crippen LogP contribution in [-0.4, -0.2) is 55.1 Å². The van der Waals surface area contributed by atoms with Crippen molar-refractivity contribution >= 4 is 11.3 Å². The molecule has 0 atom stereocenters. The van der Waals surface area contributed by atoms with Crippen LogP contribution in [0.2, 0.25) is 0 Å². The minimum absolute atomic E-state index is 0.00921. The molecule has 6 heteroatoms. The van der Waals surface area contributed by atoms with E-state index in [1.807, 2.05) is 24.3 Å². The van der Waals surface area contributed by atoms with Crippen LogP contribution in [0.4, 0.5) is 0 Å². The lowest BCUT2D eigenvalue weighted by Crippen LogP contribution is -2.43. The van der Waals surface area contributed by atoms with Crippen molar-refractivity contribution in [3.05, 3.63) is 38.8 Å². The zero-order valence-electron chi connectivity index (χ0n) is 13.0. The van der Waals surface area contributed by atoms with E-state index in [4.69, 9.17) is 4.74 Å². The number of methoxy groups -OCH3 is 1. The summed E-state index contributed by atoms with van der Waals surface area (Å²) in [6.07, 6.45) is 0. The van der Waals surface area contributed by atoms with Crippen LogP contribution in [0.15, 0.2) is 29.1 Å². The topological polar surface area (TPSA) is 48.6 Å². The number of aromatic nitrogens is 1. The van der Waals surface area contributed by atoms with Crippen LogP contribution in [-0.2, 0) is 6.54 Å². The Hall–Kier alpha value is -1.63. The highest BCUT2D eigenvalue weighted by Gasteiger charge is 2.18. The van der Waals surface area contributed by atoms with E-state index >= 15 is 0 Å². The maximum atomic E-state index is 11.8. The lowest BCUT2D eigenvalue weighted by Gasteiger charge is -2.32. The average Bonchev–Trinajstić information content (AvgIpc) is 2.90. The van der Waals surface area contributed by atoms with Crippen molar-refractivity contribution in [2.45, 2.75) is 6.54 Å². The summed E-state index contributed by atoms with van der Waals surface area (Å²) >= 11 is 1.32. The molecule has 5 nitrogen and oxygen atoms in total. The van der Waals surface area contributed by atoms with Gasteiger partial charge in [0.05, 0.1) is 12.8 Å². The van der Waals surface area contributed by atoms with E-state index in [1.54, 1.807) is 7.11 Å². The molecule has 0 aliphatic carbocycles. The zero-order chi connectivity index (χ0) is 15.5. The zero-order valence-corrected chi connectivity index (χ0v) is 13.8. The van der Waals surface area contributed by atoms with E-state index in [0.717, 1.165) is 54.6 Å². The Morgan fingerprint density at radius 1 is 1.18 bits per heavy atom. The SMILES string of the molecule is COc1ccc(-c2[nH]c(=O)sc2CN2CCN(C)CC2)cc1. The molecule has 1 saturated heterocycles. The monoisotopic (exact) mass is 319 g/mol. The quantitative estimate of drug-likeness (QED) is 0.934. The second-order valence-corrected chi connectivity index (χ2v) is 6.69. The second kappa shape index (κ2) is 6.64. The van der Waals surface area contributed by atoms with Crippen LogP contribution in [0, 0.1) is 0 Å². The summed E-state index contributed by atoms with van der Waals surface area (Å²) < 4.78 is 5.19. The normalized spacial score (nSPS) is 16.8. The van der Waals surface area contributed by atoms with E-state index in [-0.39, 0.29) is 4.87 Å². The molecule has 0 unspecified atom stereocenters. The molecule has 1 fully saturated rings. The van der Waals surface area contributed by atoms with Gasteiger partial charge in [0.2, 0.25) is 0 Å². The molecule has 1 aliphatic rings. The first-order valence-corrected chi connectivity index (χ1v) is 8.24. The molecule has 0 radical (unpaired) electrons. The van der Waals surface area contributed by atoms with E-state index in [2.05, 4.69) is 21.8 Å². The van der Waals surface area contributed by atoms with Gasteiger partial charge in [-0.15, -0.1) is 0 Å². The largest absolute Gasteiger partial charge is 0.497 e. The Balaban J connectivity index is 1.81. The smallest absolute Gasteiger partial charge is 0.305 e. The molecule has 2 heterocycles. The highest BCUT2D eigenvalue weighted by atomic mass is 32.1. The highest BCUT2D eigenvalue weighted by Crippen LogP contribution is 2.26. The molecular weight excluding hydrogens is 298 g/mol. The summed E-state index contributed by atoms with van der Waals surface area (Å²) in [6, 6.07) is 7.82. The molecule has 0 amide bonds. The average molecular weight is 319 g/mol. The van der Waals surface area contributed by atoms with E-state index in [1.165, 1.54) is 11.3 Å². The first kappa shape index (κ1) is 15.3. The lowest BCUT2D eigenvalue weighted by atomic mass is 10.1. The van der Waals surface area contributed by atoms with Crippen molar-refractivity contribution in [1.29, 1.82) is 0 Å². The fourth-order valence-corrected chi connectivity index (χ4v) is 3.57. The first-order chi connectivity index (χ1) is 10.7. The number of likely N-dealkylation sites (N-methyl/N-ethyl adjacent to an activating group) is 1. The van der Waals surface area contributed by atoms with Gasteiger partial charge in [0.1, 0.15) is 5.75 Å². The van der Waals surface area contributed by atoms with Gasteiger partial charge in [-0.1, -0.05) is 11.3 Å². The number of hydrogen-bond donors (Lipinski definition) is 1. The van der Waals surface area contributed by atoms with Crippen LogP contribution in [0.1, 0.15) is 4.88 Å². The molecule has 0 spiro atoms. The number of hydrogen-bond acceptors (Lipinski definition) is 5. The van der Waals surface area contributed by atoms with E-state index in [9.17, 15) is 4.79 Å². The number of benzene rings is 1. The van der Waals surface area contributed by atoms with Crippen molar-refractivity contribution in [1.82, 2.24) is 14.8 Å². The molecule has 1 aromatic carbocycles. The minimum atomic E-state index is 0.00921. The number of ether oxygens (including phenoxy) is 1. The van der Waals surface area contributed by atoms with E-state index in [0.29, 0.717) is 0 Å². The fraction of sp³-hybridized carbons (Fsp3) is 0.438. The van der Waals surface area contributed by atoms with Crippen LogP contribution >= 0.6 is 11.3 Å². The van der Waals surface area contributed by atoms with Crippen molar-refractivity contribution < 1.29 is 4.74 Å². The van der Waals surface area contributed by atoms with Gasteiger partial charge in [-0.25, -0.2) is 0 Å². The van der Waals surface area contributed by atoms with Crippen molar-refractivity contribution in [3.63, 3.8) is 0 Å². The third-order valence-corrected chi connectivity index (χ3v) is 4.93. The van der Waals surface area contributed by atoms with Gasteiger partial charge in [0.25, 0.3) is 0 Å². The molecule has 22 heavy (non-hydrogen) atoms. The van der Waals surface area contributed by atoms with Gasteiger partial charge in [-0.2, -0.15) is 0 Å². The van der Waals surface area contributed by atoms with Crippen LogP contribution < -0.4 is 9.61 Å². The van der Waals surface area contributed by atoms with Gasteiger partial charge in [0, 0.05) is 37.6 Å². The minimum Gasteiger partial charge on any atom is -0.497 e. The fourth-order valence-electron chi connectivity index (χ4n) is 2.67. The van der Waals surface area contributed by atoms with Crippen LogP contribution in [0.3, 0.4) is 0 Å². The summed E-state index contributed by atoms with van der Waals surface area (Å²) in [6.45, 7) is 5.09. The third-order valence-electron chi connectivity index (χ3n) is 4.06. The van der Waals surface area contributed by atoms with Crippen molar-refractivity contribution in [2.75, 3.05) is 40.3 Å². The maximum Gasteiger partial charge on any atom is 0.305 e. The first-order valence-electron chi connectivity index (χ1n) is 7.43. The molecule has 1 aromatic heterocycles. The number of aromatic amines is 1. The van der Waals surface area contributed by atoms with Crippen molar-refractivity contribution in [3.8, 4) is 17.0 Å². The highest BCUT2D eigenvalue weighted by molar-refractivity contribution is 7.09. The molecule has 1 N–H and O–H groups in total. The number of H-pyrrole nitrogens is 1. The molecule has 3 rings (SSSR count). The predicted molar refractivity (Wildman–Crippen MR) is 89.7 cm³/mol. The molecular formula is C16H21N3O2S. The van der Waals surface area contributed by atoms with E-state index < -0.39 is 0 Å². The molecule has 2 aromatic rings. The summed E-state index contributed by atoms with van der Waals surface area (Å²) in [4.78, 5) is 20.7. The summed E-state index contributed by atoms with van der Waals surface area (Å²) in [7, 11) is 3.80. The molecule has 0 saturated carbocycles. The Bertz CT molecular complexity index is 669. The van der Waals surface area contributed by atoms with Gasteiger partial charge < -0.3 is 14.6 Å². The molecule has 0 bridgehead atoms. The van der Waals surface area contributed by atoms with Crippen molar-refractivity contribution in [2.24, 2.45) is 0 Å². The van der Waals surface area contributed by atoms with Gasteiger partial charge in [0.15, 0.2) is 0 Å². The van der Waals surface area contributed by atoms with Crippen LogP contribution in [0.5, 0.6) is 5.75 Å². The van der Waals surface area contributed by atoms with Crippen LogP contribution in [0.25, 0.3) is 11.3 Å². The summed E-state index contributed by atoms with van der Waals surface area (Å²) in [5.74, 6) is 0.821. The predicted octanol–water partition coefficient (Wildman–Crippen LogP) is 1.86. The Kier molecular flexibility index (Phi) is 4.61. The maximum absolute atomic E-state index is 11.8. The van der Waals surface area contributed by atoms with Gasteiger partial charge in [-0.3, -0.25) is 9.69 Å². The molecule has 118 valence electrons. The second-order valence-electron chi connectivity index (χ2n) is 5.62. The number of rotatable bonds is 4. The third kappa shape index (κ3) is 3.40. The number of nitrogens with zero attached hydrogens (tertiary/aromatic N) is 2. The standard InChI is InChI=1S/C16H21N3O2S/c1-18-7-9-19(10-8-18)11-14-15(17-16(20)22-14)12-3-5-13(21-2)6-4-12/h3-6H,7-11H2,1-2H3,(H,17,20). The Morgan fingerprint density at radius 2 is 1.86 bits per heavy atom. The van der Waals surface area contributed by atoms with Gasteiger partial charge >= 0.3 is 4.87 Å². The lowest BCUT2D eigenvalue weighted by molar-refractivity contribution is 0.149. The molecule has 1 aliphatic heterocycles. The van der Waals surface area contributed by atoms with Gasteiger partial charge in [-0.05, 0) is 36.9 Å². The number of piperazine rings is 1. The Morgan fingerprint density at radius 3 is 2.50 bits per heavy atom. The summed E-state index contributed by atoms with van der Waals surface area (Å²) in [5.41, 5.74) is 1.97. The number of thiazole rings is 1. The number of nitrogens with one attached hydrogen (secondary N) is 1. The Labute approximate surface area is 134 Å².